The van der Waals surface area contributed by atoms with Gasteiger partial charge >= 0.3 is 5.69 Å². The number of aromatic nitrogens is 4. The van der Waals surface area contributed by atoms with E-state index in [-0.39, 0.29) is 18.3 Å². The zero-order valence-corrected chi connectivity index (χ0v) is 13.5. The molecule has 0 aliphatic carbocycles. The highest BCUT2D eigenvalue weighted by atomic mass is 16.5. The fraction of sp³-hybridized carbons (Fsp3) is 0.667. The molecule has 0 amide bonds. The van der Waals surface area contributed by atoms with Crippen LogP contribution in [0.1, 0.15) is 49.5 Å². The predicted octanol–water partition coefficient (Wildman–Crippen LogP) is 1.82. The third kappa shape index (κ3) is 2.49. The molecular formula is C15H22N4O3. The summed E-state index contributed by atoms with van der Waals surface area (Å²) in [5.41, 5.74) is 0.694. The van der Waals surface area contributed by atoms with Gasteiger partial charge in [-0.25, -0.2) is 14.5 Å². The summed E-state index contributed by atoms with van der Waals surface area (Å²) in [6.07, 6.45) is 0.884. The van der Waals surface area contributed by atoms with Gasteiger partial charge in [0.25, 0.3) is 0 Å². The van der Waals surface area contributed by atoms with Crippen molar-refractivity contribution < 1.29 is 9.15 Å². The Bertz CT molecular complexity index is 708. The van der Waals surface area contributed by atoms with E-state index in [1.165, 1.54) is 4.68 Å². The molecule has 1 aliphatic rings. The highest BCUT2D eigenvalue weighted by Crippen LogP contribution is 2.32. The van der Waals surface area contributed by atoms with E-state index >= 15 is 0 Å². The minimum Gasteiger partial charge on any atom is -0.444 e. The molecule has 2 aromatic rings. The molecule has 0 bridgehead atoms. The van der Waals surface area contributed by atoms with Crippen molar-refractivity contribution in [2.45, 2.75) is 53.3 Å². The quantitative estimate of drug-likeness (QED) is 0.861. The molecule has 3 heterocycles. The summed E-state index contributed by atoms with van der Waals surface area (Å²) in [6.45, 7) is 9.35. The van der Waals surface area contributed by atoms with Gasteiger partial charge in [0.2, 0.25) is 5.89 Å². The van der Waals surface area contributed by atoms with Crippen LogP contribution in [0, 0.1) is 19.8 Å². The molecule has 1 fully saturated rings. The second kappa shape index (κ2) is 5.72. The molecule has 0 aromatic carbocycles. The molecule has 0 unspecified atom stereocenters. The van der Waals surface area contributed by atoms with Gasteiger partial charge in [0.1, 0.15) is 18.4 Å². The summed E-state index contributed by atoms with van der Waals surface area (Å²) in [4.78, 5) is 16.8. The number of hydrogen-bond donors (Lipinski definition) is 0. The first-order valence-corrected chi connectivity index (χ1v) is 7.73. The topological polar surface area (TPSA) is 75.1 Å². The highest BCUT2D eigenvalue weighted by molar-refractivity contribution is 5.06. The SMILES string of the molecule is CCn1c([C@H]2OCC[C@H]2C)nn(Cc2nc(C)c(C)o2)c1=O. The van der Waals surface area contributed by atoms with Gasteiger partial charge in [-0.1, -0.05) is 6.92 Å². The van der Waals surface area contributed by atoms with E-state index in [4.69, 9.17) is 9.15 Å². The Balaban J connectivity index is 1.95. The molecule has 22 heavy (non-hydrogen) atoms. The molecule has 7 heteroatoms. The van der Waals surface area contributed by atoms with Crippen LogP contribution in [0.3, 0.4) is 0 Å². The average Bonchev–Trinajstić information content (AvgIpc) is 3.11. The molecule has 3 rings (SSSR count). The van der Waals surface area contributed by atoms with Crippen LogP contribution in [-0.2, 0) is 17.8 Å². The maximum absolute atomic E-state index is 12.5. The number of hydrogen-bond acceptors (Lipinski definition) is 5. The summed E-state index contributed by atoms with van der Waals surface area (Å²) in [6, 6.07) is 0. The van der Waals surface area contributed by atoms with Crippen LogP contribution < -0.4 is 5.69 Å². The number of oxazole rings is 1. The Morgan fingerprint density at radius 2 is 2.14 bits per heavy atom. The van der Waals surface area contributed by atoms with Crippen molar-refractivity contribution in [1.82, 2.24) is 19.3 Å². The van der Waals surface area contributed by atoms with Crippen LogP contribution >= 0.6 is 0 Å². The van der Waals surface area contributed by atoms with E-state index < -0.39 is 0 Å². The Morgan fingerprint density at radius 1 is 1.36 bits per heavy atom. The molecule has 0 radical (unpaired) electrons. The molecule has 0 saturated carbocycles. The van der Waals surface area contributed by atoms with Gasteiger partial charge in [-0.2, -0.15) is 5.10 Å². The van der Waals surface area contributed by atoms with Gasteiger partial charge < -0.3 is 9.15 Å². The van der Waals surface area contributed by atoms with E-state index in [0.717, 1.165) is 17.9 Å². The van der Waals surface area contributed by atoms with Crippen molar-refractivity contribution >= 4 is 0 Å². The first kappa shape index (κ1) is 15.0. The van der Waals surface area contributed by atoms with Crippen molar-refractivity contribution in [3.63, 3.8) is 0 Å². The zero-order valence-electron chi connectivity index (χ0n) is 13.5. The minimum absolute atomic E-state index is 0.109. The second-order valence-electron chi connectivity index (χ2n) is 5.85. The Kier molecular flexibility index (Phi) is 3.90. The third-order valence-electron chi connectivity index (χ3n) is 4.27. The standard InChI is InChI=1S/C15H22N4O3/c1-5-18-14(13-9(2)6-7-21-13)17-19(15(18)20)8-12-16-10(3)11(4)22-12/h9,13H,5-8H2,1-4H3/t9-,13+/m1/s1. The van der Waals surface area contributed by atoms with Gasteiger partial charge in [0, 0.05) is 13.2 Å². The van der Waals surface area contributed by atoms with Gasteiger partial charge in [0.15, 0.2) is 5.82 Å². The fourth-order valence-electron chi connectivity index (χ4n) is 2.83. The van der Waals surface area contributed by atoms with Gasteiger partial charge in [-0.3, -0.25) is 4.57 Å². The molecule has 0 N–H and O–H groups in total. The van der Waals surface area contributed by atoms with E-state index in [1.54, 1.807) is 4.57 Å². The van der Waals surface area contributed by atoms with E-state index in [9.17, 15) is 4.79 Å². The molecule has 1 aliphatic heterocycles. The van der Waals surface area contributed by atoms with Crippen molar-refractivity contribution in [2.24, 2.45) is 5.92 Å². The fourth-order valence-corrected chi connectivity index (χ4v) is 2.83. The smallest absolute Gasteiger partial charge is 0.346 e. The lowest BCUT2D eigenvalue weighted by molar-refractivity contribution is 0.0836. The maximum Gasteiger partial charge on any atom is 0.346 e. The van der Waals surface area contributed by atoms with Crippen molar-refractivity contribution in [3.8, 4) is 0 Å². The summed E-state index contributed by atoms with van der Waals surface area (Å²) in [7, 11) is 0. The summed E-state index contributed by atoms with van der Waals surface area (Å²) < 4.78 is 14.4. The second-order valence-corrected chi connectivity index (χ2v) is 5.85. The zero-order chi connectivity index (χ0) is 15.9. The van der Waals surface area contributed by atoms with E-state index in [0.29, 0.717) is 30.8 Å². The number of ether oxygens (including phenoxy) is 1. The van der Waals surface area contributed by atoms with E-state index in [2.05, 4.69) is 17.0 Å². The van der Waals surface area contributed by atoms with Crippen LogP contribution in [0.25, 0.3) is 0 Å². The van der Waals surface area contributed by atoms with Crippen LogP contribution in [0.15, 0.2) is 9.21 Å². The highest BCUT2D eigenvalue weighted by Gasteiger charge is 2.31. The molecule has 2 aromatic heterocycles. The molecule has 1 saturated heterocycles. The summed E-state index contributed by atoms with van der Waals surface area (Å²) in [5, 5.41) is 4.49. The maximum atomic E-state index is 12.5. The molecule has 120 valence electrons. The van der Waals surface area contributed by atoms with Crippen molar-refractivity contribution in [3.05, 3.63) is 33.7 Å². The summed E-state index contributed by atoms with van der Waals surface area (Å²) >= 11 is 0. The predicted molar refractivity (Wildman–Crippen MR) is 79.7 cm³/mol. The molecule has 7 nitrogen and oxygen atoms in total. The van der Waals surface area contributed by atoms with Crippen molar-refractivity contribution in [2.75, 3.05) is 6.61 Å². The monoisotopic (exact) mass is 306 g/mol. The van der Waals surface area contributed by atoms with Gasteiger partial charge in [-0.05, 0) is 33.1 Å². The van der Waals surface area contributed by atoms with Crippen molar-refractivity contribution in [1.29, 1.82) is 0 Å². The largest absolute Gasteiger partial charge is 0.444 e. The first-order valence-electron chi connectivity index (χ1n) is 7.73. The lowest BCUT2D eigenvalue weighted by Crippen LogP contribution is -2.26. The Morgan fingerprint density at radius 3 is 2.68 bits per heavy atom. The Hall–Kier alpha value is -1.89. The van der Waals surface area contributed by atoms with Gasteiger partial charge in [-0.15, -0.1) is 0 Å². The normalized spacial score (nSPS) is 21.6. The first-order chi connectivity index (χ1) is 10.5. The van der Waals surface area contributed by atoms with Crippen LogP contribution in [0.2, 0.25) is 0 Å². The number of aryl methyl sites for hydroxylation is 2. The molecule has 0 spiro atoms. The Labute approximate surface area is 128 Å². The number of nitrogens with zero attached hydrogens (tertiary/aromatic N) is 4. The van der Waals surface area contributed by atoms with Gasteiger partial charge in [0.05, 0.1) is 5.69 Å². The molecule has 2 atom stereocenters. The average molecular weight is 306 g/mol. The van der Waals surface area contributed by atoms with Crippen LogP contribution in [-0.4, -0.2) is 25.9 Å². The third-order valence-corrected chi connectivity index (χ3v) is 4.27. The van der Waals surface area contributed by atoms with E-state index in [1.807, 2.05) is 20.8 Å². The molecular weight excluding hydrogens is 284 g/mol. The minimum atomic E-state index is -0.145. The van der Waals surface area contributed by atoms with Crippen LogP contribution in [0.4, 0.5) is 0 Å². The lowest BCUT2D eigenvalue weighted by Gasteiger charge is -2.13. The summed E-state index contributed by atoms with van der Waals surface area (Å²) in [5.74, 6) is 2.35. The number of rotatable bonds is 4. The van der Waals surface area contributed by atoms with Crippen LogP contribution in [0.5, 0.6) is 0 Å². The lowest BCUT2D eigenvalue weighted by atomic mass is 10.0.